The molecule has 0 radical (unpaired) electrons. The molecule has 0 spiro atoms. The Balaban J connectivity index is 1.64. The third-order valence-corrected chi connectivity index (χ3v) is 5.62. The van der Waals surface area contributed by atoms with Gasteiger partial charge in [-0.05, 0) is 29.8 Å². The predicted molar refractivity (Wildman–Crippen MR) is 84.2 cm³/mol. The highest BCUT2D eigenvalue weighted by atomic mass is 32.2. The van der Waals surface area contributed by atoms with Crippen LogP contribution < -0.4 is 4.74 Å². The molecule has 0 N–H and O–H groups in total. The zero-order chi connectivity index (χ0) is 19.8. The molecule has 3 rings (SSSR count). The summed E-state index contributed by atoms with van der Waals surface area (Å²) in [5.74, 6) is -3.06. The molecule has 5 nitrogen and oxygen atoms in total. The highest BCUT2D eigenvalue weighted by Crippen LogP contribution is 2.35. The molecule has 11 heteroatoms. The van der Waals surface area contributed by atoms with Crippen molar-refractivity contribution in [3.8, 4) is 5.88 Å². The van der Waals surface area contributed by atoms with Gasteiger partial charge < -0.3 is 4.74 Å². The highest BCUT2D eigenvalue weighted by Gasteiger charge is 2.40. The number of alkyl halides is 3. The monoisotopic (exact) mass is 408 g/mol. The van der Waals surface area contributed by atoms with E-state index in [0.29, 0.717) is 6.07 Å². The Bertz CT molecular complexity index is 923. The van der Waals surface area contributed by atoms with Crippen LogP contribution in [0.3, 0.4) is 0 Å². The van der Waals surface area contributed by atoms with Gasteiger partial charge in [0.25, 0.3) is 0 Å². The average Bonchev–Trinajstić information content (AvgIpc) is 2.48. The maximum atomic E-state index is 13.2. The lowest BCUT2D eigenvalue weighted by Gasteiger charge is -2.37. The Morgan fingerprint density at radius 1 is 1.15 bits per heavy atom. The van der Waals surface area contributed by atoms with Crippen LogP contribution in [0.25, 0.3) is 0 Å². The Morgan fingerprint density at radius 3 is 2.37 bits per heavy atom. The van der Waals surface area contributed by atoms with Gasteiger partial charge in [0.05, 0.1) is 18.8 Å². The largest absolute Gasteiger partial charge is 0.471 e. The van der Waals surface area contributed by atoms with E-state index < -0.39 is 51.1 Å². The predicted octanol–water partition coefficient (Wildman–Crippen LogP) is 2.97. The van der Waals surface area contributed by atoms with Gasteiger partial charge in [0, 0.05) is 12.3 Å². The first-order valence-electron chi connectivity index (χ1n) is 7.66. The van der Waals surface area contributed by atoms with E-state index in [-0.39, 0.29) is 18.7 Å². The van der Waals surface area contributed by atoms with Crippen LogP contribution in [0.4, 0.5) is 22.0 Å². The van der Waals surface area contributed by atoms with E-state index in [1.807, 2.05) is 0 Å². The summed E-state index contributed by atoms with van der Waals surface area (Å²) >= 11 is 0. The molecule has 1 saturated heterocycles. The molecule has 0 atom stereocenters. The maximum absolute atomic E-state index is 13.2. The second-order valence-corrected chi connectivity index (χ2v) is 7.91. The number of hydrogen-bond donors (Lipinski definition) is 0. The molecule has 1 aliphatic heterocycles. The molecule has 0 amide bonds. The molecule has 0 bridgehead atoms. The van der Waals surface area contributed by atoms with Gasteiger partial charge in [-0.15, -0.1) is 0 Å². The normalized spacial score (nSPS) is 16.2. The van der Waals surface area contributed by atoms with Gasteiger partial charge in [0.1, 0.15) is 23.3 Å². The molecule has 0 unspecified atom stereocenters. The lowest BCUT2D eigenvalue weighted by atomic mass is 10.2. The van der Waals surface area contributed by atoms with Crippen LogP contribution in [0, 0.1) is 11.6 Å². The van der Waals surface area contributed by atoms with Crippen LogP contribution in [0.2, 0.25) is 0 Å². The number of hydrogen-bond acceptors (Lipinski definition) is 4. The first-order valence-corrected chi connectivity index (χ1v) is 9.27. The number of benzene rings is 1. The fraction of sp³-hybridized carbons (Fsp3) is 0.312. The molecule has 0 aliphatic carbocycles. The van der Waals surface area contributed by atoms with Crippen LogP contribution in [0.15, 0.2) is 36.5 Å². The van der Waals surface area contributed by atoms with Gasteiger partial charge in [0.15, 0.2) is 0 Å². The summed E-state index contributed by atoms with van der Waals surface area (Å²) in [4.78, 5) is 3.55. The minimum Gasteiger partial charge on any atom is -0.471 e. The average molecular weight is 408 g/mol. The van der Waals surface area contributed by atoms with Crippen molar-refractivity contribution >= 4 is 10.0 Å². The van der Waals surface area contributed by atoms with Gasteiger partial charge in [-0.2, -0.15) is 17.5 Å². The zero-order valence-corrected chi connectivity index (χ0v) is 14.4. The van der Waals surface area contributed by atoms with E-state index in [4.69, 9.17) is 4.74 Å². The van der Waals surface area contributed by atoms with Crippen molar-refractivity contribution in [2.24, 2.45) is 0 Å². The molecule has 1 aliphatic rings. The van der Waals surface area contributed by atoms with Gasteiger partial charge in [-0.25, -0.2) is 22.2 Å². The minimum atomic E-state index is -4.65. The second-order valence-electron chi connectivity index (χ2n) is 5.94. The lowest BCUT2D eigenvalue weighted by molar-refractivity contribution is -0.140. The van der Waals surface area contributed by atoms with Crippen LogP contribution in [0.5, 0.6) is 5.88 Å². The van der Waals surface area contributed by atoms with Crippen LogP contribution >= 0.6 is 0 Å². The van der Waals surface area contributed by atoms with Gasteiger partial charge in [-0.1, -0.05) is 0 Å². The SMILES string of the molecule is O=S(=O)(Cc1cc(F)cc(F)c1)N1CC(Oc2ncccc2C(F)(F)F)C1. The van der Waals surface area contributed by atoms with Gasteiger partial charge >= 0.3 is 6.18 Å². The molecule has 146 valence electrons. The topological polar surface area (TPSA) is 59.5 Å². The molecule has 1 fully saturated rings. The molecule has 2 aromatic rings. The minimum absolute atomic E-state index is 0.0686. The molecule has 0 saturated carbocycles. The Hall–Kier alpha value is -2.27. The van der Waals surface area contributed by atoms with Crippen molar-refractivity contribution in [1.29, 1.82) is 0 Å². The highest BCUT2D eigenvalue weighted by molar-refractivity contribution is 7.88. The number of sulfonamides is 1. The van der Waals surface area contributed by atoms with Crippen LogP contribution in [-0.4, -0.2) is 36.9 Å². The maximum Gasteiger partial charge on any atom is 0.421 e. The summed E-state index contributed by atoms with van der Waals surface area (Å²) in [6.07, 6.45) is -4.32. The molecule has 27 heavy (non-hydrogen) atoms. The number of pyridine rings is 1. The fourth-order valence-corrected chi connectivity index (χ4v) is 4.11. The Kier molecular flexibility index (Phi) is 5.08. The van der Waals surface area contributed by atoms with Crippen LogP contribution in [0.1, 0.15) is 11.1 Å². The van der Waals surface area contributed by atoms with Crippen molar-refractivity contribution in [3.05, 3.63) is 59.3 Å². The molecule has 1 aromatic carbocycles. The van der Waals surface area contributed by atoms with Crippen molar-refractivity contribution < 1.29 is 35.1 Å². The summed E-state index contributed by atoms with van der Waals surface area (Å²) in [5.41, 5.74) is -1.12. The zero-order valence-electron chi connectivity index (χ0n) is 13.6. The molecule has 1 aromatic heterocycles. The smallest absolute Gasteiger partial charge is 0.421 e. The molecular weight excluding hydrogens is 395 g/mol. The lowest BCUT2D eigenvalue weighted by Crippen LogP contribution is -2.56. The summed E-state index contributed by atoms with van der Waals surface area (Å²) in [6, 6.07) is 4.35. The van der Waals surface area contributed by atoms with E-state index in [9.17, 15) is 30.4 Å². The van der Waals surface area contributed by atoms with E-state index in [0.717, 1.165) is 34.8 Å². The first kappa shape index (κ1) is 19.5. The van der Waals surface area contributed by atoms with Crippen LogP contribution in [-0.2, 0) is 22.0 Å². The van der Waals surface area contributed by atoms with E-state index in [1.54, 1.807) is 0 Å². The Morgan fingerprint density at radius 2 is 1.78 bits per heavy atom. The molecule has 2 heterocycles. The first-order chi connectivity index (χ1) is 12.5. The van der Waals surface area contributed by atoms with E-state index in [1.165, 1.54) is 0 Å². The summed E-state index contributed by atoms with van der Waals surface area (Å²) in [6.45, 7) is -0.373. The quantitative estimate of drug-likeness (QED) is 0.714. The third kappa shape index (κ3) is 4.53. The molecular formula is C16H13F5N2O3S. The van der Waals surface area contributed by atoms with Crippen molar-refractivity contribution in [2.75, 3.05) is 13.1 Å². The van der Waals surface area contributed by atoms with Crippen molar-refractivity contribution in [2.45, 2.75) is 18.0 Å². The Labute approximate surface area is 151 Å². The van der Waals surface area contributed by atoms with E-state index >= 15 is 0 Å². The number of rotatable bonds is 5. The summed E-state index contributed by atoms with van der Waals surface area (Å²) in [5, 5.41) is 0. The number of halogens is 5. The van der Waals surface area contributed by atoms with Gasteiger partial charge in [-0.3, -0.25) is 0 Å². The van der Waals surface area contributed by atoms with Gasteiger partial charge in [0.2, 0.25) is 15.9 Å². The third-order valence-electron chi connectivity index (χ3n) is 3.83. The second kappa shape index (κ2) is 7.04. The number of ether oxygens (including phenoxy) is 1. The number of aromatic nitrogens is 1. The van der Waals surface area contributed by atoms with Crippen molar-refractivity contribution in [1.82, 2.24) is 9.29 Å². The number of nitrogens with zero attached hydrogens (tertiary/aromatic N) is 2. The van der Waals surface area contributed by atoms with Crippen molar-refractivity contribution in [3.63, 3.8) is 0 Å². The standard InChI is InChI=1S/C16H13F5N2O3S/c17-11-4-10(5-12(18)6-11)9-27(24,25)23-7-13(8-23)26-15-14(16(19,20)21)2-1-3-22-15/h1-6,13H,7-9H2. The van der Waals surface area contributed by atoms with E-state index in [2.05, 4.69) is 4.98 Å². The summed E-state index contributed by atoms with van der Waals surface area (Å²) in [7, 11) is -3.90. The fourth-order valence-electron chi connectivity index (χ4n) is 2.56. The summed E-state index contributed by atoms with van der Waals surface area (Å²) < 4.78 is 95.7.